The summed E-state index contributed by atoms with van der Waals surface area (Å²) in [7, 11) is 2.15. The monoisotopic (exact) mass is 205 g/mol. The van der Waals surface area contributed by atoms with E-state index in [0.29, 0.717) is 0 Å². The van der Waals surface area contributed by atoms with Gasteiger partial charge in [0.1, 0.15) is 0 Å². The van der Waals surface area contributed by atoms with Gasteiger partial charge in [-0.25, -0.2) is 0 Å². The molecule has 2 nitrogen and oxygen atoms in total. The second kappa shape index (κ2) is 4.23. The summed E-state index contributed by atoms with van der Waals surface area (Å²) in [5.74, 6) is 0. The molecule has 1 aromatic rings. The van der Waals surface area contributed by atoms with Gasteiger partial charge in [0.25, 0.3) is 0 Å². The van der Waals surface area contributed by atoms with Crippen LogP contribution in [0, 0.1) is 0 Å². The maximum absolute atomic E-state index is 9.41. The number of anilines is 1. The smallest absolute Gasteiger partial charge is 0.0761 e. The van der Waals surface area contributed by atoms with Gasteiger partial charge in [-0.3, -0.25) is 0 Å². The molecular formula is C13H19NO. The topological polar surface area (TPSA) is 23.5 Å². The highest BCUT2D eigenvalue weighted by Gasteiger charge is 2.22. The summed E-state index contributed by atoms with van der Waals surface area (Å²) in [6, 6.07) is 8.94. The van der Waals surface area contributed by atoms with E-state index in [0.717, 1.165) is 11.6 Å². The summed E-state index contributed by atoms with van der Waals surface area (Å²) in [4.78, 5) is 2.34. The summed E-state index contributed by atoms with van der Waals surface area (Å²) < 4.78 is 0. The van der Waals surface area contributed by atoms with Gasteiger partial charge in [0.05, 0.1) is 6.10 Å². The summed E-state index contributed by atoms with van der Waals surface area (Å²) in [6.45, 7) is 1.80. The highest BCUT2D eigenvalue weighted by Crippen LogP contribution is 2.28. The molecule has 1 aliphatic rings. The number of nitrogens with zero attached hydrogens (tertiary/aromatic N) is 1. The molecule has 1 aromatic carbocycles. The van der Waals surface area contributed by atoms with Crippen LogP contribution in [0.5, 0.6) is 0 Å². The third-order valence-corrected chi connectivity index (χ3v) is 3.41. The molecule has 0 saturated heterocycles. The molecule has 1 saturated carbocycles. The standard InChI is InChI=1S/C13H19NO/c1-10(15)11-6-8-13(9-7-11)14(2)12-4-3-5-12/h6-10,12,15H,3-5H2,1-2H3. The van der Waals surface area contributed by atoms with Crippen LogP contribution in [-0.4, -0.2) is 18.2 Å². The predicted octanol–water partition coefficient (Wildman–Crippen LogP) is 2.73. The molecule has 15 heavy (non-hydrogen) atoms. The Morgan fingerprint density at radius 2 is 1.87 bits per heavy atom. The molecule has 1 fully saturated rings. The van der Waals surface area contributed by atoms with Crippen molar-refractivity contribution in [2.45, 2.75) is 38.3 Å². The zero-order valence-electron chi connectivity index (χ0n) is 9.48. The summed E-state index contributed by atoms with van der Waals surface area (Å²) in [5, 5.41) is 9.41. The largest absolute Gasteiger partial charge is 0.389 e. The molecule has 0 aliphatic heterocycles. The van der Waals surface area contributed by atoms with Crippen LogP contribution in [0.4, 0.5) is 5.69 Å². The molecule has 0 aromatic heterocycles. The van der Waals surface area contributed by atoms with E-state index in [1.807, 2.05) is 12.1 Å². The van der Waals surface area contributed by atoms with E-state index >= 15 is 0 Å². The van der Waals surface area contributed by atoms with E-state index < -0.39 is 0 Å². The molecule has 1 atom stereocenters. The van der Waals surface area contributed by atoms with Crippen LogP contribution in [0.3, 0.4) is 0 Å². The van der Waals surface area contributed by atoms with E-state index in [2.05, 4.69) is 24.1 Å². The van der Waals surface area contributed by atoms with Gasteiger partial charge in [-0.05, 0) is 43.9 Å². The van der Waals surface area contributed by atoms with E-state index in [-0.39, 0.29) is 6.10 Å². The molecule has 1 unspecified atom stereocenters. The first-order valence-electron chi connectivity index (χ1n) is 5.69. The highest BCUT2D eigenvalue weighted by atomic mass is 16.3. The molecule has 0 amide bonds. The van der Waals surface area contributed by atoms with Gasteiger partial charge in [-0.2, -0.15) is 0 Å². The van der Waals surface area contributed by atoms with Gasteiger partial charge < -0.3 is 10.0 Å². The molecule has 2 heteroatoms. The van der Waals surface area contributed by atoms with Crippen LogP contribution >= 0.6 is 0 Å². The number of aliphatic hydroxyl groups excluding tert-OH is 1. The SMILES string of the molecule is CC(O)c1ccc(N(C)C2CCC2)cc1. The van der Waals surface area contributed by atoms with Crippen LogP contribution in [0.15, 0.2) is 24.3 Å². The van der Waals surface area contributed by atoms with Crippen LogP contribution in [0.25, 0.3) is 0 Å². The minimum Gasteiger partial charge on any atom is -0.389 e. The van der Waals surface area contributed by atoms with E-state index in [9.17, 15) is 5.11 Å². The Morgan fingerprint density at radius 1 is 1.27 bits per heavy atom. The third kappa shape index (κ3) is 2.15. The number of rotatable bonds is 3. The van der Waals surface area contributed by atoms with Crippen molar-refractivity contribution in [1.29, 1.82) is 0 Å². The Bertz CT molecular complexity index is 314. The summed E-state index contributed by atoms with van der Waals surface area (Å²) in [5.41, 5.74) is 2.24. The number of hydrogen-bond acceptors (Lipinski definition) is 2. The summed E-state index contributed by atoms with van der Waals surface area (Å²) >= 11 is 0. The Morgan fingerprint density at radius 3 is 2.27 bits per heavy atom. The zero-order valence-corrected chi connectivity index (χ0v) is 9.48. The first-order valence-corrected chi connectivity index (χ1v) is 5.69. The van der Waals surface area contributed by atoms with Crippen molar-refractivity contribution in [2.75, 3.05) is 11.9 Å². The molecule has 1 aliphatic carbocycles. The van der Waals surface area contributed by atoms with Crippen LogP contribution in [-0.2, 0) is 0 Å². The normalized spacial score (nSPS) is 18.3. The van der Waals surface area contributed by atoms with Crippen LogP contribution in [0.2, 0.25) is 0 Å². The van der Waals surface area contributed by atoms with Gasteiger partial charge in [0.2, 0.25) is 0 Å². The number of benzene rings is 1. The fourth-order valence-corrected chi connectivity index (χ4v) is 1.97. The second-order valence-electron chi connectivity index (χ2n) is 4.46. The maximum Gasteiger partial charge on any atom is 0.0761 e. The molecule has 82 valence electrons. The van der Waals surface area contributed by atoms with E-state index in [1.54, 1.807) is 6.92 Å². The quantitative estimate of drug-likeness (QED) is 0.820. The zero-order chi connectivity index (χ0) is 10.8. The molecule has 0 bridgehead atoms. The van der Waals surface area contributed by atoms with Crippen molar-refractivity contribution < 1.29 is 5.11 Å². The van der Waals surface area contributed by atoms with Gasteiger partial charge in [-0.1, -0.05) is 12.1 Å². The fraction of sp³-hybridized carbons (Fsp3) is 0.538. The Labute approximate surface area is 91.5 Å². The van der Waals surface area contributed by atoms with Crippen molar-refractivity contribution >= 4 is 5.69 Å². The predicted molar refractivity (Wildman–Crippen MR) is 63.1 cm³/mol. The Balaban J connectivity index is 2.08. The van der Waals surface area contributed by atoms with Crippen molar-refractivity contribution in [3.8, 4) is 0 Å². The molecule has 0 heterocycles. The molecule has 0 spiro atoms. The maximum atomic E-state index is 9.41. The Hall–Kier alpha value is -1.02. The van der Waals surface area contributed by atoms with Gasteiger partial charge in [0.15, 0.2) is 0 Å². The van der Waals surface area contributed by atoms with Crippen LogP contribution in [0.1, 0.15) is 37.9 Å². The third-order valence-electron chi connectivity index (χ3n) is 3.41. The lowest BCUT2D eigenvalue weighted by Crippen LogP contribution is -2.37. The lowest BCUT2D eigenvalue weighted by Gasteiger charge is -2.36. The highest BCUT2D eigenvalue weighted by molar-refractivity contribution is 5.48. The summed E-state index contributed by atoms with van der Waals surface area (Å²) in [6.07, 6.45) is 3.62. The first kappa shape index (κ1) is 10.5. The minimum atomic E-state index is -0.368. The number of aliphatic hydroxyl groups is 1. The van der Waals surface area contributed by atoms with Gasteiger partial charge in [0, 0.05) is 18.8 Å². The molecular weight excluding hydrogens is 186 g/mol. The minimum absolute atomic E-state index is 0.368. The van der Waals surface area contributed by atoms with E-state index in [1.165, 1.54) is 24.9 Å². The van der Waals surface area contributed by atoms with Gasteiger partial charge in [-0.15, -0.1) is 0 Å². The lowest BCUT2D eigenvalue weighted by molar-refractivity contribution is 0.199. The van der Waals surface area contributed by atoms with E-state index in [4.69, 9.17) is 0 Å². The van der Waals surface area contributed by atoms with Crippen LogP contribution < -0.4 is 4.90 Å². The Kier molecular flexibility index (Phi) is 2.96. The van der Waals surface area contributed by atoms with Crippen molar-refractivity contribution in [3.05, 3.63) is 29.8 Å². The average molecular weight is 205 g/mol. The average Bonchev–Trinajstić information content (AvgIpc) is 2.15. The fourth-order valence-electron chi connectivity index (χ4n) is 1.97. The van der Waals surface area contributed by atoms with Crippen molar-refractivity contribution in [1.82, 2.24) is 0 Å². The van der Waals surface area contributed by atoms with Crippen molar-refractivity contribution in [2.24, 2.45) is 0 Å². The molecule has 1 N–H and O–H groups in total. The van der Waals surface area contributed by atoms with Gasteiger partial charge >= 0.3 is 0 Å². The molecule has 0 radical (unpaired) electrons. The number of hydrogen-bond donors (Lipinski definition) is 1. The first-order chi connectivity index (χ1) is 7.18. The molecule has 2 rings (SSSR count). The second-order valence-corrected chi connectivity index (χ2v) is 4.46. The lowest BCUT2D eigenvalue weighted by atomic mass is 9.91. The van der Waals surface area contributed by atoms with Crippen molar-refractivity contribution in [3.63, 3.8) is 0 Å².